The summed E-state index contributed by atoms with van der Waals surface area (Å²) >= 11 is 0. The van der Waals surface area contributed by atoms with Crippen LogP contribution in [0, 0.1) is 26.7 Å². The zero-order chi connectivity index (χ0) is 13.8. The van der Waals surface area contributed by atoms with Crippen molar-refractivity contribution in [2.75, 3.05) is 19.8 Å². The van der Waals surface area contributed by atoms with E-state index in [-0.39, 0.29) is 5.91 Å². The summed E-state index contributed by atoms with van der Waals surface area (Å²) in [5.74, 6) is 2.26. The minimum absolute atomic E-state index is 0.0472. The van der Waals surface area contributed by atoms with Gasteiger partial charge < -0.3 is 14.5 Å². The molecule has 0 radical (unpaired) electrons. The Labute approximate surface area is 114 Å². The Morgan fingerprint density at radius 2 is 2.05 bits per heavy atom. The molecule has 0 aromatic carbocycles. The molecule has 0 bridgehead atoms. The number of nitrogens with one attached hydrogen (secondary N) is 1. The molecule has 0 unspecified atom stereocenters. The Morgan fingerprint density at radius 3 is 2.63 bits per heavy atom. The second kappa shape index (κ2) is 6.24. The first-order valence-electron chi connectivity index (χ1n) is 7.02. The molecule has 0 aliphatic heterocycles. The number of amides is 1. The highest BCUT2D eigenvalue weighted by Gasteiger charge is 2.21. The van der Waals surface area contributed by atoms with Crippen molar-refractivity contribution in [3.63, 3.8) is 0 Å². The number of aryl methyl sites for hydroxylation is 2. The molecular formula is C15H23NO3. The van der Waals surface area contributed by atoms with Gasteiger partial charge in [-0.05, 0) is 46.0 Å². The third kappa shape index (κ3) is 3.83. The summed E-state index contributed by atoms with van der Waals surface area (Å²) < 4.78 is 11.0. The molecule has 1 aromatic heterocycles. The van der Waals surface area contributed by atoms with Crippen molar-refractivity contribution in [1.82, 2.24) is 5.32 Å². The molecule has 4 nitrogen and oxygen atoms in total. The summed E-state index contributed by atoms with van der Waals surface area (Å²) in [5.41, 5.74) is 1.61. The first-order chi connectivity index (χ1) is 9.09. The lowest BCUT2D eigenvalue weighted by molar-refractivity contribution is 0.0935. The topological polar surface area (TPSA) is 51.5 Å². The van der Waals surface area contributed by atoms with Crippen LogP contribution in [-0.2, 0) is 4.74 Å². The Morgan fingerprint density at radius 1 is 1.32 bits per heavy atom. The van der Waals surface area contributed by atoms with Crippen LogP contribution in [0.2, 0.25) is 0 Å². The van der Waals surface area contributed by atoms with Crippen molar-refractivity contribution in [3.05, 3.63) is 22.6 Å². The van der Waals surface area contributed by atoms with Crippen LogP contribution >= 0.6 is 0 Å². The maximum atomic E-state index is 12.0. The van der Waals surface area contributed by atoms with E-state index < -0.39 is 0 Å². The fourth-order valence-electron chi connectivity index (χ4n) is 2.13. The predicted molar refractivity (Wildman–Crippen MR) is 73.4 cm³/mol. The van der Waals surface area contributed by atoms with E-state index in [9.17, 15) is 4.79 Å². The van der Waals surface area contributed by atoms with E-state index in [0.717, 1.165) is 36.9 Å². The predicted octanol–water partition coefficient (Wildman–Crippen LogP) is 2.75. The van der Waals surface area contributed by atoms with E-state index in [2.05, 4.69) is 5.32 Å². The molecule has 1 saturated carbocycles. The molecule has 1 heterocycles. The van der Waals surface area contributed by atoms with Crippen LogP contribution in [0.25, 0.3) is 0 Å². The van der Waals surface area contributed by atoms with Crippen molar-refractivity contribution in [3.8, 4) is 0 Å². The number of hydrogen-bond donors (Lipinski definition) is 1. The number of ether oxygens (including phenoxy) is 1. The normalized spacial score (nSPS) is 14.7. The number of furan rings is 1. The maximum absolute atomic E-state index is 12.0. The molecule has 0 atom stereocenters. The van der Waals surface area contributed by atoms with Crippen LogP contribution in [0.15, 0.2) is 4.42 Å². The Bertz CT molecular complexity index is 446. The van der Waals surface area contributed by atoms with Gasteiger partial charge in [-0.3, -0.25) is 4.79 Å². The monoisotopic (exact) mass is 265 g/mol. The average molecular weight is 265 g/mol. The van der Waals surface area contributed by atoms with Crippen LogP contribution in [0.3, 0.4) is 0 Å². The lowest BCUT2D eigenvalue weighted by Crippen LogP contribution is -2.26. The van der Waals surface area contributed by atoms with Gasteiger partial charge in [-0.2, -0.15) is 0 Å². The van der Waals surface area contributed by atoms with Crippen molar-refractivity contribution in [2.45, 2.75) is 40.0 Å². The number of carbonyl (C=O) groups excluding carboxylic acids is 1. The molecular weight excluding hydrogens is 242 g/mol. The summed E-state index contributed by atoms with van der Waals surface area (Å²) in [7, 11) is 0. The molecule has 1 N–H and O–H groups in total. The fraction of sp³-hybridized carbons (Fsp3) is 0.667. The Hall–Kier alpha value is -1.29. The van der Waals surface area contributed by atoms with Gasteiger partial charge in [-0.1, -0.05) is 0 Å². The molecule has 106 valence electrons. The molecule has 1 aromatic rings. The highest BCUT2D eigenvalue weighted by molar-refractivity contribution is 5.96. The largest absolute Gasteiger partial charge is 0.466 e. The van der Waals surface area contributed by atoms with Gasteiger partial charge in [0.25, 0.3) is 5.91 Å². The molecule has 4 heteroatoms. The van der Waals surface area contributed by atoms with Gasteiger partial charge in [0, 0.05) is 25.3 Å². The lowest BCUT2D eigenvalue weighted by Gasteiger charge is -2.06. The van der Waals surface area contributed by atoms with E-state index in [1.807, 2.05) is 20.8 Å². The van der Waals surface area contributed by atoms with Crippen molar-refractivity contribution < 1.29 is 13.9 Å². The molecule has 1 aliphatic rings. The Balaban J connectivity index is 1.68. The number of hydrogen-bond acceptors (Lipinski definition) is 3. The van der Waals surface area contributed by atoms with Gasteiger partial charge >= 0.3 is 0 Å². The van der Waals surface area contributed by atoms with Gasteiger partial charge in [0.05, 0.1) is 5.56 Å². The molecule has 2 rings (SSSR count). The zero-order valence-corrected chi connectivity index (χ0v) is 12.0. The van der Waals surface area contributed by atoms with Crippen molar-refractivity contribution >= 4 is 5.91 Å². The third-order valence-corrected chi connectivity index (χ3v) is 3.59. The second-order valence-corrected chi connectivity index (χ2v) is 5.34. The fourth-order valence-corrected chi connectivity index (χ4v) is 2.13. The summed E-state index contributed by atoms with van der Waals surface area (Å²) in [5, 5.41) is 2.92. The van der Waals surface area contributed by atoms with Crippen molar-refractivity contribution in [1.29, 1.82) is 0 Å². The van der Waals surface area contributed by atoms with Crippen LogP contribution < -0.4 is 5.32 Å². The SMILES string of the molecule is Cc1oc(C)c(C(=O)NCCCOCC2CC2)c1C. The number of rotatable bonds is 7. The molecule has 0 spiro atoms. The summed E-state index contributed by atoms with van der Waals surface area (Å²) in [6.07, 6.45) is 3.48. The van der Waals surface area contributed by atoms with Gasteiger partial charge in [-0.25, -0.2) is 0 Å². The quantitative estimate of drug-likeness (QED) is 0.771. The van der Waals surface area contributed by atoms with Crippen LogP contribution in [0.5, 0.6) is 0 Å². The summed E-state index contributed by atoms with van der Waals surface area (Å²) in [6.45, 7) is 7.87. The molecule has 0 saturated heterocycles. The van der Waals surface area contributed by atoms with Crippen LogP contribution in [0.1, 0.15) is 46.7 Å². The second-order valence-electron chi connectivity index (χ2n) is 5.34. The van der Waals surface area contributed by atoms with Gasteiger partial charge in [0.15, 0.2) is 0 Å². The summed E-state index contributed by atoms with van der Waals surface area (Å²) in [6, 6.07) is 0. The van der Waals surface area contributed by atoms with Crippen LogP contribution in [-0.4, -0.2) is 25.7 Å². The molecule has 19 heavy (non-hydrogen) atoms. The zero-order valence-electron chi connectivity index (χ0n) is 12.0. The molecule has 1 amide bonds. The minimum atomic E-state index is -0.0472. The van der Waals surface area contributed by atoms with E-state index in [1.165, 1.54) is 12.8 Å². The highest BCUT2D eigenvalue weighted by atomic mass is 16.5. The smallest absolute Gasteiger partial charge is 0.255 e. The Kier molecular flexibility index (Phi) is 4.64. The minimum Gasteiger partial charge on any atom is -0.466 e. The molecule has 1 fully saturated rings. The maximum Gasteiger partial charge on any atom is 0.255 e. The van der Waals surface area contributed by atoms with E-state index >= 15 is 0 Å². The average Bonchev–Trinajstić information content (AvgIpc) is 3.13. The highest BCUT2D eigenvalue weighted by Crippen LogP contribution is 2.28. The van der Waals surface area contributed by atoms with E-state index in [4.69, 9.17) is 9.15 Å². The third-order valence-electron chi connectivity index (χ3n) is 3.59. The first kappa shape index (κ1) is 14.1. The van der Waals surface area contributed by atoms with Crippen molar-refractivity contribution in [2.24, 2.45) is 5.92 Å². The molecule has 1 aliphatic carbocycles. The van der Waals surface area contributed by atoms with Crippen LogP contribution in [0.4, 0.5) is 0 Å². The van der Waals surface area contributed by atoms with Gasteiger partial charge in [0.1, 0.15) is 11.5 Å². The lowest BCUT2D eigenvalue weighted by atomic mass is 10.1. The number of carbonyl (C=O) groups is 1. The van der Waals surface area contributed by atoms with Gasteiger partial charge in [0.2, 0.25) is 0 Å². The summed E-state index contributed by atoms with van der Waals surface area (Å²) in [4.78, 5) is 12.0. The first-order valence-corrected chi connectivity index (χ1v) is 7.02. The van der Waals surface area contributed by atoms with E-state index in [0.29, 0.717) is 17.9 Å². The van der Waals surface area contributed by atoms with E-state index in [1.54, 1.807) is 0 Å². The van der Waals surface area contributed by atoms with Gasteiger partial charge in [-0.15, -0.1) is 0 Å². The standard InChI is InChI=1S/C15H23NO3/c1-10-11(2)19-12(3)14(10)15(17)16-7-4-8-18-9-13-5-6-13/h13H,4-9H2,1-3H3,(H,16,17).